The van der Waals surface area contributed by atoms with Gasteiger partial charge in [0.15, 0.2) is 0 Å². The summed E-state index contributed by atoms with van der Waals surface area (Å²) in [7, 11) is 0. The molecule has 0 bridgehead atoms. The van der Waals surface area contributed by atoms with E-state index in [-0.39, 0.29) is 11.7 Å². The number of nitrogens with one attached hydrogen (secondary N) is 1. The number of hydrogen-bond acceptors (Lipinski definition) is 1. The third-order valence-corrected chi connectivity index (χ3v) is 4.18. The van der Waals surface area contributed by atoms with Crippen molar-refractivity contribution in [3.05, 3.63) is 35.3 Å². The third kappa shape index (κ3) is 1.74. The Morgan fingerprint density at radius 1 is 1.37 bits per heavy atom. The van der Waals surface area contributed by atoms with Crippen LogP contribution in [0.2, 0.25) is 0 Å². The zero-order valence-electron chi connectivity index (χ0n) is 10.6. The Bertz CT molecular complexity index is 672. The van der Waals surface area contributed by atoms with Gasteiger partial charge in [-0.2, -0.15) is 0 Å². The van der Waals surface area contributed by atoms with Crippen LogP contribution in [0.15, 0.2) is 18.2 Å². The van der Waals surface area contributed by atoms with Crippen molar-refractivity contribution in [1.29, 1.82) is 0 Å². The van der Waals surface area contributed by atoms with Crippen molar-refractivity contribution in [1.82, 2.24) is 9.88 Å². The smallest absolute Gasteiger partial charge is 0.225 e. The first-order valence-electron chi connectivity index (χ1n) is 6.80. The van der Waals surface area contributed by atoms with E-state index in [4.69, 9.17) is 0 Å². The number of hydrogen-bond donors (Lipinski definition) is 1. The highest BCUT2D eigenvalue weighted by atomic mass is 19.1. The molecule has 4 rings (SSSR count). The first-order chi connectivity index (χ1) is 9.22. The first kappa shape index (κ1) is 11.0. The minimum Gasteiger partial charge on any atom is -0.358 e. The van der Waals surface area contributed by atoms with Crippen LogP contribution in [0.1, 0.15) is 24.1 Å². The fourth-order valence-electron chi connectivity index (χ4n) is 2.97. The molecule has 19 heavy (non-hydrogen) atoms. The van der Waals surface area contributed by atoms with Crippen LogP contribution in [0.4, 0.5) is 4.39 Å². The highest BCUT2D eigenvalue weighted by Crippen LogP contribution is 2.34. The molecule has 1 amide bonds. The third-order valence-electron chi connectivity index (χ3n) is 4.18. The zero-order chi connectivity index (χ0) is 13.0. The molecule has 4 heteroatoms. The molecule has 0 saturated heterocycles. The molecule has 3 nitrogen and oxygen atoms in total. The van der Waals surface area contributed by atoms with Gasteiger partial charge in [0.1, 0.15) is 5.82 Å². The molecule has 2 heterocycles. The van der Waals surface area contributed by atoms with E-state index in [0.717, 1.165) is 48.0 Å². The summed E-state index contributed by atoms with van der Waals surface area (Å²) in [4.78, 5) is 17.4. The van der Waals surface area contributed by atoms with Crippen LogP contribution in [-0.2, 0) is 17.8 Å². The SMILES string of the molecule is O=C(C1CC1)N1CCc2[nH]c3cc(F)ccc3c2C1. The minimum absolute atomic E-state index is 0.225. The van der Waals surface area contributed by atoms with Crippen molar-refractivity contribution in [2.24, 2.45) is 5.92 Å². The highest BCUT2D eigenvalue weighted by molar-refractivity contribution is 5.87. The number of amides is 1. The lowest BCUT2D eigenvalue weighted by molar-refractivity contribution is -0.133. The summed E-state index contributed by atoms with van der Waals surface area (Å²) in [6, 6.07) is 4.82. The van der Waals surface area contributed by atoms with Gasteiger partial charge < -0.3 is 9.88 Å². The number of carbonyl (C=O) groups excluding carboxylic acids is 1. The van der Waals surface area contributed by atoms with Crippen molar-refractivity contribution < 1.29 is 9.18 Å². The van der Waals surface area contributed by atoms with Crippen molar-refractivity contribution in [2.75, 3.05) is 6.54 Å². The summed E-state index contributed by atoms with van der Waals surface area (Å²) >= 11 is 0. The molecule has 2 aliphatic rings. The molecule has 1 aliphatic heterocycles. The second-order valence-corrected chi connectivity index (χ2v) is 5.56. The average molecular weight is 258 g/mol. The highest BCUT2D eigenvalue weighted by Gasteiger charge is 2.35. The maximum absolute atomic E-state index is 13.2. The van der Waals surface area contributed by atoms with E-state index in [1.54, 1.807) is 0 Å². The number of halogens is 1. The Kier molecular flexibility index (Phi) is 2.22. The van der Waals surface area contributed by atoms with Crippen molar-refractivity contribution in [3.63, 3.8) is 0 Å². The number of aromatic nitrogens is 1. The number of carbonyl (C=O) groups is 1. The first-order valence-corrected chi connectivity index (χ1v) is 6.80. The lowest BCUT2D eigenvalue weighted by atomic mass is 10.0. The molecule has 98 valence electrons. The molecule has 1 aliphatic carbocycles. The van der Waals surface area contributed by atoms with Gasteiger partial charge in [-0.3, -0.25) is 4.79 Å². The lowest BCUT2D eigenvalue weighted by Gasteiger charge is -2.27. The van der Waals surface area contributed by atoms with E-state index in [2.05, 4.69) is 4.98 Å². The molecule has 1 fully saturated rings. The molecule has 0 atom stereocenters. The lowest BCUT2D eigenvalue weighted by Crippen LogP contribution is -2.36. The number of rotatable bonds is 1. The molecule has 0 spiro atoms. The molecule has 2 aromatic rings. The number of H-pyrrole nitrogens is 1. The Hall–Kier alpha value is -1.84. The van der Waals surface area contributed by atoms with Gasteiger partial charge in [-0.05, 0) is 31.0 Å². The summed E-state index contributed by atoms with van der Waals surface area (Å²) in [5, 5.41) is 1.05. The van der Waals surface area contributed by atoms with E-state index in [1.807, 2.05) is 11.0 Å². The van der Waals surface area contributed by atoms with Crippen molar-refractivity contribution >= 4 is 16.8 Å². The van der Waals surface area contributed by atoms with Gasteiger partial charge in [0.25, 0.3) is 0 Å². The molecule has 1 aromatic heterocycles. The normalized spacial score (nSPS) is 18.7. The largest absolute Gasteiger partial charge is 0.358 e. The van der Waals surface area contributed by atoms with E-state index in [1.165, 1.54) is 12.1 Å². The van der Waals surface area contributed by atoms with E-state index in [0.29, 0.717) is 12.5 Å². The summed E-state index contributed by atoms with van der Waals surface area (Å²) in [6.07, 6.45) is 2.92. The maximum atomic E-state index is 13.2. The molecule has 1 N–H and O–H groups in total. The molecule has 0 unspecified atom stereocenters. The van der Waals surface area contributed by atoms with E-state index < -0.39 is 0 Å². The van der Waals surface area contributed by atoms with Crippen molar-refractivity contribution in [3.8, 4) is 0 Å². The van der Waals surface area contributed by atoms with Gasteiger partial charge in [0.05, 0.1) is 0 Å². The Morgan fingerprint density at radius 2 is 2.21 bits per heavy atom. The maximum Gasteiger partial charge on any atom is 0.225 e. The Morgan fingerprint density at radius 3 is 3.00 bits per heavy atom. The van der Waals surface area contributed by atoms with Crippen LogP contribution in [0.25, 0.3) is 10.9 Å². The average Bonchev–Trinajstić information content (AvgIpc) is 3.18. The standard InChI is InChI=1S/C15H15FN2O/c16-10-3-4-11-12-8-18(15(19)9-1-2-9)6-5-13(12)17-14(11)7-10/h3-4,7,9,17H,1-2,5-6,8H2. The van der Waals surface area contributed by atoms with Crippen LogP contribution in [0.5, 0.6) is 0 Å². The van der Waals surface area contributed by atoms with Gasteiger partial charge in [0.2, 0.25) is 5.91 Å². The van der Waals surface area contributed by atoms with Gasteiger partial charge >= 0.3 is 0 Å². The van der Waals surface area contributed by atoms with E-state index in [9.17, 15) is 9.18 Å². The van der Waals surface area contributed by atoms with Gasteiger partial charge in [0, 0.05) is 47.6 Å². The minimum atomic E-state index is -0.225. The number of aromatic amines is 1. The van der Waals surface area contributed by atoms with Crippen LogP contribution >= 0.6 is 0 Å². The summed E-state index contributed by atoms with van der Waals surface area (Å²) in [5.74, 6) is 0.336. The quantitative estimate of drug-likeness (QED) is 0.838. The molecule has 1 aromatic carbocycles. The fourth-order valence-corrected chi connectivity index (χ4v) is 2.97. The summed E-state index contributed by atoms with van der Waals surface area (Å²) in [6.45, 7) is 1.44. The fraction of sp³-hybridized carbons (Fsp3) is 0.400. The number of benzene rings is 1. The van der Waals surface area contributed by atoms with Gasteiger partial charge in [-0.25, -0.2) is 4.39 Å². The van der Waals surface area contributed by atoms with Crippen LogP contribution in [0, 0.1) is 11.7 Å². The summed E-state index contributed by atoms with van der Waals surface area (Å²) in [5.41, 5.74) is 3.15. The molecule has 1 saturated carbocycles. The van der Waals surface area contributed by atoms with Crippen LogP contribution < -0.4 is 0 Å². The van der Waals surface area contributed by atoms with Crippen LogP contribution in [0.3, 0.4) is 0 Å². The second-order valence-electron chi connectivity index (χ2n) is 5.56. The monoisotopic (exact) mass is 258 g/mol. The predicted molar refractivity (Wildman–Crippen MR) is 70.1 cm³/mol. The Balaban J connectivity index is 1.73. The Labute approximate surface area is 110 Å². The predicted octanol–water partition coefficient (Wildman–Crippen LogP) is 2.60. The van der Waals surface area contributed by atoms with Crippen LogP contribution in [-0.4, -0.2) is 22.3 Å². The van der Waals surface area contributed by atoms with Gasteiger partial charge in [-0.1, -0.05) is 0 Å². The molecular formula is C15H15FN2O. The second kappa shape index (κ2) is 3.83. The number of nitrogens with zero attached hydrogens (tertiary/aromatic N) is 1. The van der Waals surface area contributed by atoms with Crippen molar-refractivity contribution in [2.45, 2.75) is 25.8 Å². The topological polar surface area (TPSA) is 36.1 Å². The molecule has 0 radical (unpaired) electrons. The molecular weight excluding hydrogens is 243 g/mol. The van der Waals surface area contributed by atoms with Gasteiger partial charge in [-0.15, -0.1) is 0 Å². The van der Waals surface area contributed by atoms with E-state index >= 15 is 0 Å². The number of fused-ring (bicyclic) bond motifs is 3. The summed E-state index contributed by atoms with van der Waals surface area (Å²) < 4.78 is 13.2. The zero-order valence-corrected chi connectivity index (χ0v) is 10.6.